The van der Waals surface area contributed by atoms with Crippen LogP contribution in [0.15, 0.2) is 27.8 Å². The number of thioether (sulfide) groups is 1. The predicted octanol–water partition coefficient (Wildman–Crippen LogP) is 4.12. The number of nitrogens with zero attached hydrogens (tertiary/aromatic N) is 3. The molecule has 0 spiro atoms. The van der Waals surface area contributed by atoms with Gasteiger partial charge in [0.2, 0.25) is 0 Å². The molecule has 1 N–H and O–H groups in total. The number of carboxylic acid groups (broad SMARTS) is 1. The average Bonchev–Trinajstić information content (AvgIpc) is 2.80. The Kier molecular flexibility index (Phi) is 5.29. The van der Waals surface area contributed by atoms with E-state index in [0.29, 0.717) is 16.0 Å². The molecule has 0 amide bonds. The summed E-state index contributed by atoms with van der Waals surface area (Å²) in [5.41, 5.74) is 0.864. The summed E-state index contributed by atoms with van der Waals surface area (Å²) in [7, 11) is 0. The second kappa shape index (κ2) is 6.81. The van der Waals surface area contributed by atoms with E-state index in [1.807, 2.05) is 24.5 Å². The van der Waals surface area contributed by atoms with E-state index in [9.17, 15) is 4.79 Å². The highest BCUT2D eigenvalue weighted by Gasteiger charge is 2.19. The number of aliphatic carboxylic acids is 1. The Balaban J connectivity index is 2.46. The van der Waals surface area contributed by atoms with Crippen LogP contribution >= 0.6 is 39.3 Å². The summed E-state index contributed by atoms with van der Waals surface area (Å²) < 4.78 is 2.74. The van der Waals surface area contributed by atoms with E-state index >= 15 is 0 Å². The third kappa shape index (κ3) is 3.78. The van der Waals surface area contributed by atoms with Gasteiger partial charge < -0.3 is 5.11 Å². The Morgan fingerprint density at radius 3 is 2.76 bits per heavy atom. The van der Waals surface area contributed by atoms with Crippen LogP contribution in [0, 0.1) is 0 Å². The van der Waals surface area contributed by atoms with Gasteiger partial charge in [-0.1, -0.05) is 23.4 Å². The number of carboxylic acids is 1. The summed E-state index contributed by atoms with van der Waals surface area (Å²) in [5.74, 6) is -0.249. The van der Waals surface area contributed by atoms with E-state index in [4.69, 9.17) is 16.7 Å². The first kappa shape index (κ1) is 16.3. The van der Waals surface area contributed by atoms with Crippen molar-refractivity contribution in [3.63, 3.8) is 0 Å². The molecule has 0 bridgehead atoms. The number of rotatable bonds is 5. The standard InChI is InChI=1S/C13H13BrClN3O2S/c1-7(2)18-12(9-4-3-8(15)5-10(9)14)16-17-13(18)21-6-11(19)20/h3-5,7H,6H2,1-2H3,(H,19,20). The maximum Gasteiger partial charge on any atom is 0.313 e. The van der Waals surface area contributed by atoms with Crippen molar-refractivity contribution in [1.29, 1.82) is 0 Å². The summed E-state index contributed by atoms with van der Waals surface area (Å²) in [6.45, 7) is 4.00. The average molecular weight is 391 g/mol. The zero-order chi connectivity index (χ0) is 15.6. The van der Waals surface area contributed by atoms with Gasteiger partial charge in [0.05, 0.1) is 5.75 Å². The summed E-state index contributed by atoms with van der Waals surface area (Å²) in [6, 6.07) is 5.54. The molecule has 0 atom stereocenters. The number of aromatic nitrogens is 3. The Hall–Kier alpha value is -1.05. The topological polar surface area (TPSA) is 68.0 Å². The van der Waals surface area contributed by atoms with Gasteiger partial charge in [-0.25, -0.2) is 0 Å². The molecule has 0 saturated carbocycles. The van der Waals surface area contributed by atoms with E-state index in [0.717, 1.165) is 21.8 Å². The molecule has 112 valence electrons. The number of benzene rings is 1. The predicted molar refractivity (Wildman–Crippen MR) is 86.9 cm³/mol. The van der Waals surface area contributed by atoms with Crippen LogP contribution in [0.4, 0.5) is 0 Å². The zero-order valence-electron chi connectivity index (χ0n) is 11.4. The molecule has 2 aromatic rings. The molecular weight excluding hydrogens is 378 g/mol. The van der Waals surface area contributed by atoms with E-state index in [1.165, 1.54) is 0 Å². The molecule has 1 aromatic carbocycles. The summed E-state index contributed by atoms with van der Waals surface area (Å²) in [4.78, 5) is 10.7. The van der Waals surface area contributed by atoms with Gasteiger partial charge in [0, 0.05) is 21.1 Å². The van der Waals surface area contributed by atoms with Crippen LogP contribution in [0.5, 0.6) is 0 Å². The van der Waals surface area contributed by atoms with Crippen molar-refractivity contribution < 1.29 is 9.90 Å². The minimum atomic E-state index is -0.882. The van der Waals surface area contributed by atoms with Gasteiger partial charge in [-0.3, -0.25) is 9.36 Å². The Bertz CT molecular complexity index is 675. The molecule has 0 fully saturated rings. The molecule has 0 radical (unpaired) electrons. The molecule has 0 aliphatic rings. The van der Waals surface area contributed by atoms with Gasteiger partial charge in [-0.05, 0) is 48.0 Å². The maximum atomic E-state index is 10.7. The molecular formula is C13H13BrClN3O2S. The second-order valence-corrected chi connectivity index (χ2v) is 6.81. The summed E-state index contributed by atoms with van der Waals surface area (Å²) in [5, 5.41) is 18.3. The van der Waals surface area contributed by atoms with E-state index in [-0.39, 0.29) is 11.8 Å². The molecule has 2 rings (SSSR count). The lowest BCUT2D eigenvalue weighted by Crippen LogP contribution is -2.07. The summed E-state index contributed by atoms with van der Waals surface area (Å²) >= 11 is 10.6. The Morgan fingerprint density at radius 1 is 1.48 bits per heavy atom. The number of hydrogen-bond donors (Lipinski definition) is 1. The number of carbonyl (C=O) groups is 1. The van der Waals surface area contributed by atoms with Gasteiger partial charge in [0.15, 0.2) is 11.0 Å². The van der Waals surface area contributed by atoms with Crippen molar-refractivity contribution in [2.24, 2.45) is 0 Å². The molecule has 1 aromatic heterocycles. The summed E-state index contributed by atoms with van der Waals surface area (Å²) in [6.07, 6.45) is 0. The molecule has 8 heteroatoms. The van der Waals surface area contributed by atoms with Gasteiger partial charge in [-0.15, -0.1) is 10.2 Å². The molecule has 0 saturated heterocycles. The van der Waals surface area contributed by atoms with Crippen molar-refractivity contribution in [2.45, 2.75) is 25.0 Å². The number of hydrogen-bond acceptors (Lipinski definition) is 4. The molecule has 0 unspecified atom stereocenters. The third-order valence-corrected chi connectivity index (χ3v) is 4.50. The van der Waals surface area contributed by atoms with Crippen molar-refractivity contribution in [3.8, 4) is 11.4 Å². The molecule has 5 nitrogen and oxygen atoms in total. The highest BCUT2D eigenvalue weighted by atomic mass is 79.9. The SMILES string of the molecule is CC(C)n1c(SCC(=O)O)nnc1-c1ccc(Cl)cc1Br. The molecule has 0 aliphatic heterocycles. The van der Waals surface area contributed by atoms with Gasteiger partial charge in [-0.2, -0.15) is 0 Å². The van der Waals surface area contributed by atoms with Crippen molar-refractivity contribution in [3.05, 3.63) is 27.7 Å². The lowest BCUT2D eigenvalue weighted by atomic mass is 10.2. The van der Waals surface area contributed by atoms with Crippen molar-refractivity contribution >= 4 is 45.3 Å². The Labute approximate surface area is 139 Å². The fourth-order valence-electron chi connectivity index (χ4n) is 1.82. The van der Waals surface area contributed by atoms with E-state index in [2.05, 4.69) is 26.1 Å². The fraction of sp³-hybridized carbons (Fsp3) is 0.308. The molecule has 0 aliphatic carbocycles. The van der Waals surface area contributed by atoms with E-state index < -0.39 is 5.97 Å². The highest BCUT2D eigenvalue weighted by Crippen LogP contribution is 2.33. The highest BCUT2D eigenvalue weighted by molar-refractivity contribution is 9.10. The zero-order valence-corrected chi connectivity index (χ0v) is 14.5. The third-order valence-electron chi connectivity index (χ3n) is 2.68. The minimum absolute atomic E-state index is 0.0490. The van der Waals surface area contributed by atoms with Crippen molar-refractivity contribution in [2.75, 3.05) is 5.75 Å². The minimum Gasteiger partial charge on any atom is -0.481 e. The van der Waals surface area contributed by atoms with Crippen LogP contribution in [0.3, 0.4) is 0 Å². The van der Waals surface area contributed by atoms with Crippen LogP contribution < -0.4 is 0 Å². The first-order chi connectivity index (χ1) is 9.90. The van der Waals surface area contributed by atoms with Gasteiger partial charge >= 0.3 is 5.97 Å². The van der Waals surface area contributed by atoms with Crippen LogP contribution in [0.2, 0.25) is 5.02 Å². The second-order valence-electron chi connectivity index (χ2n) is 4.58. The van der Waals surface area contributed by atoms with Gasteiger partial charge in [0.25, 0.3) is 0 Å². The lowest BCUT2D eigenvalue weighted by Gasteiger charge is -2.14. The first-order valence-electron chi connectivity index (χ1n) is 6.15. The van der Waals surface area contributed by atoms with Crippen LogP contribution in [0.25, 0.3) is 11.4 Å². The molecule has 21 heavy (non-hydrogen) atoms. The Morgan fingerprint density at radius 2 is 2.19 bits per heavy atom. The van der Waals surface area contributed by atoms with Gasteiger partial charge in [0.1, 0.15) is 0 Å². The van der Waals surface area contributed by atoms with Crippen LogP contribution in [-0.2, 0) is 4.79 Å². The quantitative estimate of drug-likeness (QED) is 0.778. The molecule has 1 heterocycles. The smallest absolute Gasteiger partial charge is 0.313 e. The maximum absolute atomic E-state index is 10.7. The van der Waals surface area contributed by atoms with Crippen LogP contribution in [0.1, 0.15) is 19.9 Å². The van der Waals surface area contributed by atoms with Crippen molar-refractivity contribution in [1.82, 2.24) is 14.8 Å². The lowest BCUT2D eigenvalue weighted by molar-refractivity contribution is -0.133. The monoisotopic (exact) mass is 389 g/mol. The first-order valence-corrected chi connectivity index (χ1v) is 8.30. The van der Waals surface area contributed by atoms with E-state index in [1.54, 1.807) is 12.1 Å². The largest absolute Gasteiger partial charge is 0.481 e. The fourth-order valence-corrected chi connectivity index (χ4v) is 3.47. The van der Waals surface area contributed by atoms with Crippen LogP contribution in [-0.4, -0.2) is 31.6 Å². The normalized spacial score (nSPS) is 11.1. The number of halogens is 2.